The van der Waals surface area contributed by atoms with E-state index in [0.29, 0.717) is 18.8 Å². The Labute approximate surface area is 82.6 Å². The molecule has 0 atom stereocenters. The van der Waals surface area contributed by atoms with Crippen molar-refractivity contribution in [2.45, 2.75) is 25.7 Å². The summed E-state index contributed by atoms with van der Waals surface area (Å²) in [5.74, 6) is 0.435. The van der Waals surface area contributed by atoms with Crippen LogP contribution in [0.3, 0.4) is 0 Å². The first-order chi connectivity index (χ1) is 6.83. The highest BCUT2D eigenvalue weighted by Crippen LogP contribution is 2.04. The van der Waals surface area contributed by atoms with E-state index < -0.39 is 0 Å². The topological polar surface area (TPSA) is 81.2 Å². The van der Waals surface area contributed by atoms with Gasteiger partial charge in [0.1, 0.15) is 6.26 Å². The summed E-state index contributed by atoms with van der Waals surface area (Å²) in [6, 6.07) is 1.61. The Bertz CT molecular complexity index is 259. The van der Waals surface area contributed by atoms with Gasteiger partial charge >= 0.3 is 0 Å². The zero-order valence-corrected chi connectivity index (χ0v) is 8.03. The first-order valence-electron chi connectivity index (χ1n) is 4.73. The lowest BCUT2D eigenvalue weighted by molar-refractivity contribution is -0.116. The Morgan fingerprint density at radius 2 is 2.36 bits per heavy atom. The fourth-order valence-electron chi connectivity index (χ4n) is 1.09. The second-order valence-electron chi connectivity index (χ2n) is 3.03. The van der Waals surface area contributed by atoms with Gasteiger partial charge in [0.25, 0.3) is 0 Å². The van der Waals surface area contributed by atoms with Crippen LogP contribution in [0.25, 0.3) is 0 Å². The summed E-state index contributed by atoms with van der Waals surface area (Å²) in [4.78, 5) is 11.2. The number of amides is 1. The van der Waals surface area contributed by atoms with E-state index in [4.69, 9.17) is 5.73 Å². The number of aromatic nitrogens is 1. The third-order valence-electron chi connectivity index (χ3n) is 1.81. The van der Waals surface area contributed by atoms with Crippen LogP contribution in [-0.2, 0) is 4.79 Å². The van der Waals surface area contributed by atoms with Gasteiger partial charge in [-0.1, -0.05) is 11.6 Å². The number of anilines is 1. The molecule has 0 unspecified atom stereocenters. The van der Waals surface area contributed by atoms with Crippen LogP contribution >= 0.6 is 0 Å². The summed E-state index contributed by atoms with van der Waals surface area (Å²) in [6.07, 6.45) is 4.75. The zero-order chi connectivity index (χ0) is 10.2. The third-order valence-corrected chi connectivity index (χ3v) is 1.81. The van der Waals surface area contributed by atoms with Crippen molar-refractivity contribution in [1.82, 2.24) is 5.16 Å². The van der Waals surface area contributed by atoms with Gasteiger partial charge in [-0.15, -0.1) is 0 Å². The van der Waals surface area contributed by atoms with Crippen molar-refractivity contribution in [3.8, 4) is 0 Å². The molecule has 0 aliphatic rings. The highest BCUT2D eigenvalue weighted by Gasteiger charge is 2.03. The van der Waals surface area contributed by atoms with Crippen LogP contribution < -0.4 is 11.1 Å². The van der Waals surface area contributed by atoms with Crippen molar-refractivity contribution < 1.29 is 9.32 Å². The molecule has 14 heavy (non-hydrogen) atoms. The molecule has 1 amide bonds. The lowest BCUT2D eigenvalue weighted by Gasteiger charge is -2.00. The van der Waals surface area contributed by atoms with Crippen molar-refractivity contribution in [1.29, 1.82) is 0 Å². The normalized spacial score (nSPS) is 10.1. The fraction of sp³-hybridized carbons (Fsp3) is 0.556. The Balaban J connectivity index is 2.11. The molecule has 1 aromatic heterocycles. The summed E-state index contributed by atoms with van der Waals surface area (Å²) in [6.45, 7) is 0.685. The average Bonchev–Trinajstić information content (AvgIpc) is 2.65. The first-order valence-corrected chi connectivity index (χ1v) is 4.73. The van der Waals surface area contributed by atoms with Crippen molar-refractivity contribution in [2.24, 2.45) is 5.73 Å². The van der Waals surface area contributed by atoms with E-state index in [1.165, 1.54) is 6.26 Å². The highest BCUT2D eigenvalue weighted by atomic mass is 16.5. The minimum Gasteiger partial charge on any atom is -0.363 e. The molecule has 0 saturated carbocycles. The van der Waals surface area contributed by atoms with Crippen LogP contribution in [0.15, 0.2) is 16.9 Å². The van der Waals surface area contributed by atoms with Crippen LogP contribution in [0, 0.1) is 0 Å². The molecule has 1 aromatic rings. The first kappa shape index (κ1) is 10.7. The number of nitrogens with one attached hydrogen (secondary N) is 1. The van der Waals surface area contributed by atoms with Crippen LogP contribution in [0.1, 0.15) is 25.7 Å². The maximum absolute atomic E-state index is 11.2. The summed E-state index contributed by atoms with van der Waals surface area (Å²) in [5.41, 5.74) is 5.33. The number of unbranched alkanes of at least 4 members (excludes halogenated alkanes) is 2. The molecule has 0 spiro atoms. The second-order valence-corrected chi connectivity index (χ2v) is 3.03. The smallest absolute Gasteiger partial charge is 0.225 e. The minimum atomic E-state index is -0.0316. The summed E-state index contributed by atoms with van der Waals surface area (Å²) in [7, 11) is 0. The molecule has 78 valence electrons. The van der Waals surface area contributed by atoms with E-state index in [-0.39, 0.29) is 5.91 Å². The Morgan fingerprint density at radius 3 is 3.00 bits per heavy atom. The Morgan fingerprint density at radius 1 is 1.50 bits per heavy atom. The van der Waals surface area contributed by atoms with E-state index >= 15 is 0 Å². The summed E-state index contributed by atoms with van der Waals surface area (Å²) in [5, 5.41) is 6.20. The van der Waals surface area contributed by atoms with Crippen LogP contribution in [0.5, 0.6) is 0 Å². The fourth-order valence-corrected chi connectivity index (χ4v) is 1.09. The molecule has 0 aliphatic carbocycles. The molecule has 3 N–H and O–H groups in total. The van der Waals surface area contributed by atoms with Gasteiger partial charge in [0.2, 0.25) is 5.91 Å². The van der Waals surface area contributed by atoms with Gasteiger partial charge in [-0.2, -0.15) is 0 Å². The molecule has 0 aromatic carbocycles. The molecule has 1 heterocycles. The average molecular weight is 197 g/mol. The van der Waals surface area contributed by atoms with Gasteiger partial charge in [0.05, 0.1) is 0 Å². The molecule has 0 radical (unpaired) electrons. The number of nitrogens with two attached hydrogens (primary N) is 1. The van der Waals surface area contributed by atoms with E-state index in [0.717, 1.165) is 19.3 Å². The second kappa shape index (κ2) is 6.15. The minimum absolute atomic E-state index is 0.0316. The molecule has 5 heteroatoms. The Hall–Kier alpha value is -1.36. The third kappa shape index (κ3) is 4.04. The number of nitrogens with zero attached hydrogens (tertiary/aromatic N) is 1. The van der Waals surface area contributed by atoms with Gasteiger partial charge in [0, 0.05) is 12.5 Å². The SMILES string of the molecule is NCCCCCC(=O)Nc1ccon1. The van der Waals surface area contributed by atoms with Crippen LogP contribution in [0.4, 0.5) is 5.82 Å². The standard InChI is InChI=1S/C9H15N3O2/c10-6-3-1-2-4-9(13)11-8-5-7-14-12-8/h5,7H,1-4,6,10H2,(H,11,12,13). The van der Waals surface area contributed by atoms with Crippen molar-refractivity contribution >= 4 is 11.7 Å². The quantitative estimate of drug-likeness (QED) is 0.670. The summed E-state index contributed by atoms with van der Waals surface area (Å²) >= 11 is 0. The monoisotopic (exact) mass is 197 g/mol. The molecule has 5 nitrogen and oxygen atoms in total. The van der Waals surface area contributed by atoms with Gasteiger partial charge in [-0.3, -0.25) is 4.79 Å². The summed E-state index contributed by atoms with van der Waals surface area (Å²) < 4.78 is 4.58. The molecule has 0 fully saturated rings. The lowest BCUT2D eigenvalue weighted by atomic mass is 10.2. The molecular weight excluding hydrogens is 182 g/mol. The molecule has 0 bridgehead atoms. The van der Waals surface area contributed by atoms with E-state index in [9.17, 15) is 4.79 Å². The van der Waals surface area contributed by atoms with Crippen molar-refractivity contribution in [2.75, 3.05) is 11.9 Å². The van der Waals surface area contributed by atoms with Gasteiger partial charge in [-0.05, 0) is 19.4 Å². The predicted octanol–water partition coefficient (Wildman–Crippen LogP) is 1.13. The zero-order valence-electron chi connectivity index (χ0n) is 8.03. The van der Waals surface area contributed by atoms with Gasteiger partial charge in [0.15, 0.2) is 5.82 Å². The maximum atomic E-state index is 11.2. The van der Waals surface area contributed by atoms with Gasteiger partial charge < -0.3 is 15.6 Å². The predicted molar refractivity (Wildman–Crippen MR) is 52.7 cm³/mol. The number of hydrogen-bond acceptors (Lipinski definition) is 4. The van der Waals surface area contributed by atoms with Crippen LogP contribution in [0.2, 0.25) is 0 Å². The molecule has 0 saturated heterocycles. The largest absolute Gasteiger partial charge is 0.363 e. The lowest BCUT2D eigenvalue weighted by Crippen LogP contribution is -2.11. The van der Waals surface area contributed by atoms with Crippen molar-refractivity contribution in [3.63, 3.8) is 0 Å². The molecule has 1 rings (SSSR count). The maximum Gasteiger partial charge on any atom is 0.225 e. The van der Waals surface area contributed by atoms with E-state index in [1.807, 2.05) is 0 Å². The number of rotatable bonds is 6. The highest BCUT2D eigenvalue weighted by molar-refractivity contribution is 5.89. The van der Waals surface area contributed by atoms with Gasteiger partial charge in [-0.25, -0.2) is 0 Å². The number of carbonyl (C=O) groups is 1. The number of hydrogen-bond donors (Lipinski definition) is 2. The van der Waals surface area contributed by atoms with E-state index in [2.05, 4.69) is 15.0 Å². The molecular formula is C9H15N3O2. The Kier molecular flexibility index (Phi) is 4.71. The van der Waals surface area contributed by atoms with Crippen molar-refractivity contribution in [3.05, 3.63) is 12.3 Å². The molecule has 0 aliphatic heterocycles. The van der Waals surface area contributed by atoms with E-state index in [1.54, 1.807) is 6.07 Å². The number of carbonyl (C=O) groups excluding carboxylic acids is 1. The van der Waals surface area contributed by atoms with Crippen LogP contribution in [-0.4, -0.2) is 17.6 Å².